The molecule has 1 aliphatic rings. The van der Waals surface area contributed by atoms with Crippen LogP contribution in [0.15, 0.2) is 24.3 Å². The fourth-order valence-electron chi connectivity index (χ4n) is 2.31. The van der Waals surface area contributed by atoms with Gasteiger partial charge in [0.2, 0.25) is 0 Å². The van der Waals surface area contributed by atoms with E-state index in [2.05, 4.69) is 24.1 Å². The van der Waals surface area contributed by atoms with Gasteiger partial charge in [0, 0.05) is 19.1 Å². The van der Waals surface area contributed by atoms with Crippen molar-refractivity contribution in [2.45, 2.75) is 26.3 Å². The summed E-state index contributed by atoms with van der Waals surface area (Å²) in [6, 6.07) is 7.58. The quantitative estimate of drug-likeness (QED) is 0.806. The number of benzene rings is 1. The number of nitrogens with zero attached hydrogens (tertiary/aromatic N) is 1. The van der Waals surface area contributed by atoms with Crippen molar-refractivity contribution in [2.75, 3.05) is 24.5 Å². The van der Waals surface area contributed by atoms with Crippen molar-refractivity contribution in [3.63, 3.8) is 0 Å². The zero-order chi connectivity index (χ0) is 12.3. The monoisotopic (exact) mass is 236 g/mol. The molecule has 1 saturated heterocycles. The summed E-state index contributed by atoms with van der Waals surface area (Å²) < 4.78 is 13.8. The van der Waals surface area contributed by atoms with Gasteiger partial charge < -0.3 is 10.2 Å². The lowest BCUT2D eigenvalue weighted by atomic mass is 10.1. The van der Waals surface area contributed by atoms with Crippen molar-refractivity contribution in [3.8, 4) is 0 Å². The molecule has 1 fully saturated rings. The highest BCUT2D eigenvalue weighted by molar-refractivity contribution is 5.47. The maximum atomic E-state index is 13.8. The summed E-state index contributed by atoms with van der Waals surface area (Å²) in [7, 11) is 0. The molecule has 0 aliphatic carbocycles. The Labute approximate surface area is 103 Å². The van der Waals surface area contributed by atoms with Crippen LogP contribution in [-0.4, -0.2) is 25.7 Å². The van der Waals surface area contributed by atoms with Crippen LogP contribution in [0.25, 0.3) is 0 Å². The molecule has 17 heavy (non-hydrogen) atoms. The minimum atomic E-state index is -0.110. The summed E-state index contributed by atoms with van der Waals surface area (Å²) in [5.41, 5.74) is 0.744. The van der Waals surface area contributed by atoms with Gasteiger partial charge in [0.1, 0.15) is 5.82 Å². The fraction of sp³-hybridized carbons (Fsp3) is 0.571. The van der Waals surface area contributed by atoms with Crippen molar-refractivity contribution >= 4 is 5.69 Å². The summed E-state index contributed by atoms with van der Waals surface area (Å²) >= 11 is 0. The van der Waals surface area contributed by atoms with Gasteiger partial charge in [-0.1, -0.05) is 19.1 Å². The van der Waals surface area contributed by atoms with Crippen LogP contribution in [0.5, 0.6) is 0 Å². The lowest BCUT2D eigenvalue weighted by Crippen LogP contribution is -2.42. The van der Waals surface area contributed by atoms with E-state index in [0.29, 0.717) is 12.0 Å². The molecule has 1 aliphatic heterocycles. The Morgan fingerprint density at radius 3 is 2.82 bits per heavy atom. The number of hydrogen-bond donors (Lipinski definition) is 1. The van der Waals surface area contributed by atoms with Crippen LogP contribution in [0, 0.1) is 11.7 Å². The molecule has 1 aromatic carbocycles. The van der Waals surface area contributed by atoms with Crippen LogP contribution in [0.1, 0.15) is 20.3 Å². The molecule has 3 heteroatoms. The fourth-order valence-corrected chi connectivity index (χ4v) is 2.31. The normalized spacial score (nSPS) is 26.4. The molecule has 2 nitrogen and oxygen atoms in total. The van der Waals surface area contributed by atoms with Gasteiger partial charge in [-0.05, 0) is 37.9 Å². The molecule has 0 spiro atoms. The Morgan fingerprint density at radius 2 is 2.06 bits per heavy atom. The number of nitrogens with one attached hydrogen (secondary N) is 1. The molecule has 0 radical (unpaired) electrons. The van der Waals surface area contributed by atoms with E-state index in [4.69, 9.17) is 0 Å². The van der Waals surface area contributed by atoms with Crippen LogP contribution in [0.3, 0.4) is 0 Å². The topological polar surface area (TPSA) is 15.3 Å². The van der Waals surface area contributed by atoms with E-state index in [1.165, 1.54) is 0 Å². The van der Waals surface area contributed by atoms with Crippen molar-refractivity contribution in [2.24, 2.45) is 5.92 Å². The average molecular weight is 236 g/mol. The van der Waals surface area contributed by atoms with Crippen molar-refractivity contribution in [3.05, 3.63) is 30.1 Å². The van der Waals surface area contributed by atoms with Crippen LogP contribution in [0.2, 0.25) is 0 Å². The van der Waals surface area contributed by atoms with Gasteiger partial charge in [-0.15, -0.1) is 0 Å². The summed E-state index contributed by atoms with van der Waals surface area (Å²) in [4.78, 5) is 2.18. The van der Waals surface area contributed by atoms with Gasteiger partial charge in [-0.3, -0.25) is 0 Å². The molecule has 2 unspecified atom stereocenters. The van der Waals surface area contributed by atoms with Crippen LogP contribution in [0.4, 0.5) is 10.1 Å². The molecule has 0 bridgehead atoms. The smallest absolute Gasteiger partial charge is 0.146 e. The predicted octanol–water partition coefficient (Wildman–Crippen LogP) is 2.65. The minimum Gasteiger partial charge on any atom is -0.369 e. The first-order chi connectivity index (χ1) is 8.16. The number of halogens is 1. The summed E-state index contributed by atoms with van der Waals surface area (Å²) in [6.45, 7) is 7.24. The van der Waals surface area contributed by atoms with E-state index in [9.17, 15) is 4.39 Å². The third-order valence-electron chi connectivity index (χ3n) is 3.37. The number of rotatable bonds is 1. The van der Waals surface area contributed by atoms with Gasteiger partial charge in [0.05, 0.1) is 5.69 Å². The first-order valence-corrected chi connectivity index (χ1v) is 6.39. The highest BCUT2D eigenvalue weighted by Gasteiger charge is 2.18. The Balaban J connectivity index is 2.15. The van der Waals surface area contributed by atoms with E-state index >= 15 is 0 Å². The maximum Gasteiger partial charge on any atom is 0.146 e. The summed E-state index contributed by atoms with van der Waals surface area (Å²) in [5, 5.41) is 3.50. The molecule has 2 rings (SSSR count). The second-order valence-corrected chi connectivity index (χ2v) is 5.10. The van der Waals surface area contributed by atoms with Gasteiger partial charge in [0.15, 0.2) is 0 Å². The molecular formula is C14H21FN2. The number of para-hydroxylation sites is 1. The largest absolute Gasteiger partial charge is 0.369 e. The van der Waals surface area contributed by atoms with Crippen molar-refractivity contribution < 1.29 is 4.39 Å². The molecule has 0 aromatic heterocycles. The molecule has 0 saturated carbocycles. The van der Waals surface area contributed by atoms with Crippen LogP contribution < -0.4 is 10.2 Å². The SMILES string of the molecule is CC1CNC(C)CCN(c2ccccc2F)C1. The zero-order valence-electron chi connectivity index (χ0n) is 10.6. The second-order valence-electron chi connectivity index (χ2n) is 5.10. The lowest BCUT2D eigenvalue weighted by molar-refractivity contribution is 0.408. The Bertz CT molecular complexity index is 367. The molecule has 94 valence electrons. The second kappa shape index (κ2) is 5.50. The molecule has 0 amide bonds. The van der Waals surface area contributed by atoms with Crippen LogP contribution >= 0.6 is 0 Å². The first-order valence-electron chi connectivity index (χ1n) is 6.39. The third kappa shape index (κ3) is 3.19. The predicted molar refractivity (Wildman–Crippen MR) is 69.9 cm³/mol. The van der Waals surface area contributed by atoms with Crippen LogP contribution in [-0.2, 0) is 0 Å². The van der Waals surface area contributed by atoms with Gasteiger partial charge in [-0.2, -0.15) is 0 Å². The Morgan fingerprint density at radius 1 is 1.29 bits per heavy atom. The molecule has 1 heterocycles. The average Bonchev–Trinajstić information content (AvgIpc) is 2.31. The molecular weight excluding hydrogens is 215 g/mol. The lowest BCUT2D eigenvalue weighted by Gasteiger charge is -2.33. The molecule has 1 aromatic rings. The van der Waals surface area contributed by atoms with E-state index in [0.717, 1.165) is 31.7 Å². The number of hydrogen-bond acceptors (Lipinski definition) is 2. The van der Waals surface area contributed by atoms with E-state index in [1.54, 1.807) is 12.1 Å². The maximum absolute atomic E-state index is 13.8. The highest BCUT2D eigenvalue weighted by Crippen LogP contribution is 2.21. The van der Waals surface area contributed by atoms with E-state index in [1.807, 2.05) is 12.1 Å². The Hall–Kier alpha value is -1.09. The highest BCUT2D eigenvalue weighted by atomic mass is 19.1. The molecule has 1 N–H and O–H groups in total. The van der Waals surface area contributed by atoms with E-state index in [-0.39, 0.29) is 5.82 Å². The molecule has 2 atom stereocenters. The van der Waals surface area contributed by atoms with E-state index < -0.39 is 0 Å². The van der Waals surface area contributed by atoms with Crippen molar-refractivity contribution in [1.82, 2.24) is 5.32 Å². The van der Waals surface area contributed by atoms with Gasteiger partial charge in [-0.25, -0.2) is 4.39 Å². The van der Waals surface area contributed by atoms with Gasteiger partial charge in [0.25, 0.3) is 0 Å². The standard InChI is InChI=1S/C14H21FN2/c1-11-9-16-12(2)7-8-17(10-11)14-6-4-3-5-13(14)15/h3-6,11-12,16H,7-10H2,1-2H3. The first kappa shape index (κ1) is 12.4. The summed E-state index contributed by atoms with van der Waals surface area (Å²) in [5.74, 6) is 0.429. The Kier molecular flexibility index (Phi) is 4.00. The summed E-state index contributed by atoms with van der Waals surface area (Å²) in [6.07, 6.45) is 1.06. The number of anilines is 1. The zero-order valence-corrected chi connectivity index (χ0v) is 10.6. The third-order valence-corrected chi connectivity index (χ3v) is 3.37. The van der Waals surface area contributed by atoms with Gasteiger partial charge >= 0.3 is 0 Å². The minimum absolute atomic E-state index is 0.110. The van der Waals surface area contributed by atoms with Crippen molar-refractivity contribution in [1.29, 1.82) is 0 Å².